The van der Waals surface area contributed by atoms with Crippen molar-refractivity contribution in [2.75, 3.05) is 0 Å². The topological polar surface area (TPSA) is 94.4 Å². The second-order valence-electron chi connectivity index (χ2n) is 8.52. The zero-order valence-electron chi connectivity index (χ0n) is 17.7. The molecule has 0 atom stereocenters. The monoisotopic (exact) mass is 462 g/mol. The van der Waals surface area contributed by atoms with E-state index in [1.165, 1.54) is 0 Å². The number of fused-ring (bicyclic) bond motifs is 1. The third-order valence-corrected chi connectivity index (χ3v) is 6.03. The third kappa shape index (κ3) is 5.48. The number of carbonyl (C=O) groups excluding carboxylic acids is 1. The second kappa shape index (κ2) is 8.30. The number of amides is 1. The predicted octanol–water partition coefficient (Wildman–Crippen LogP) is 3.35. The number of ether oxygens (including phenoxy) is 1. The number of hydrogen-bond acceptors (Lipinski definition) is 6. The average Bonchev–Trinajstić information content (AvgIpc) is 3.37. The third-order valence-electron chi connectivity index (χ3n) is 4.71. The average molecular weight is 462 g/mol. The number of halogens is 3. The van der Waals surface area contributed by atoms with Crippen LogP contribution in [-0.2, 0) is 17.8 Å². The number of aryl methyl sites for hydroxylation is 2. The quantitative estimate of drug-likeness (QED) is 0.642. The lowest BCUT2D eigenvalue weighted by atomic mass is 10.2. The van der Waals surface area contributed by atoms with Crippen LogP contribution in [-0.4, -0.2) is 27.0 Å². The van der Waals surface area contributed by atoms with Crippen LogP contribution in [0.1, 0.15) is 56.5 Å². The summed E-state index contributed by atoms with van der Waals surface area (Å²) in [7, 11) is 0. The van der Waals surface area contributed by atoms with Gasteiger partial charge in [0.2, 0.25) is 0 Å². The molecule has 2 aromatic heterocycles. The first-order valence-electron chi connectivity index (χ1n) is 9.84. The Labute approximate surface area is 180 Å². The van der Waals surface area contributed by atoms with Crippen LogP contribution in [0, 0.1) is 6.92 Å². The van der Waals surface area contributed by atoms with Crippen LogP contribution in [0.5, 0.6) is 0 Å². The molecule has 0 aliphatic heterocycles. The Bertz CT molecular complexity index is 1110. The zero-order chi connectivity index (χ0) is 23.1. The Morgan fingerprint density at radius 1 is 1.23 bits per heavy atom. The fourth-order valence-corrected chi connectivity index (χ4v) is 4.42. The molecule has 0 bridgehead atoms. The van der Waals surface area contributed by atoms with Crippen molar-refractivity contribution in [3.05, 3.63) is 31.3 Å². The van der Waals surface area contributed by atoms with E-state index in [-0.39, 0.29) is 22.8 Å². The van der Waals surface area contributed by atoms with Crippen LogP contribution < -0.4 is 22.1 Å². The standard InChI is InChI=1S/C19H25F3N4O4S/c1-10-12(9-23-24-16(28)30-18(2,3)4)31-15-13(10)14(27)26(11-5-6-11)17(29)25(15)8-7-19(20,21)22/h11,23H,5-9H2,1-4H3,(H,24,28). The van der Waals surface area contributed by atoms with Crippen LogP contribution in [0.2, 0.25) is 0 Å². The lowest BCUT2D eigenvalue weighted by Crippen LogP contribution is -2.40. The molecule has 0 aromatic carbocycles. The maximum atomic E-state index is 13.0. The normalized spacial score (nSPS) is 14.8. The summed E-state index contributed by atoms with van der Waals surface area (Å²) in [6, 6.07) is -0.267. The highest BCUT2D eigenvalue weighted by molar-refractivity contribution is 7.18. The van der Waals surface area contributed by atoms with Crippen molar-refractivity contribution in [1.29, 1.82) is 0 Å². The second-order valence-corrected chi connectivity index (χ2v) is 9.60. The number of rotatable bonds is 6. The van der Waals surface area contributed by atoms with Crippen molar-refractivity contribution in [2.24, 2.45) is 0 Å². The summed E-state index contributed by atoms with van der Waals surface area (Å²) in [6.07, 6.45) is -4.99. The SMILES string of the molecule is Cc1c(CNNC(=O)OC(C)(C)C)sc2c1c(=O)n(C1CC1)c(=O)n2CCC(F)(F)F. The molecule has 0 saturated heterocycles. The Kier molecular flexibility index (Phi) is 6.25. The van der Waals surface area contributed by atoms with Crippen LogP contribution in [0.3, 0.4) is 0 Å². The molecule has 0 spiro atoms. The van der Waals surface area contributed by atoms with Gasteiger partial charge in [-0.1, -0.05) is 0 Å². The summed E-state index contributed by atoms with van der Waals surface area (Å²) in [5.74, 6) is 0. The molecule has 1 saturated carbocycles. The number of thiophene rings is 1. The van der Waals surface area contributed by atoms with E-state index < -0.39 is 42.1 Å². The Balaban J connectivity index is 1.94. The Morgan fingerprint density at radius 2 is 1.87 bits per heavy atom. The molecule has 1 amide bonds. The molecule has 1 fully saturated rings. The van der Waals surface area contributed by atoms with Crippen molar-refractivity contribution < 1.29 is 22.7 Å². The van der Waals surface area contributed by atoms with E-state index in [0.29, 0.717) is 23.3 Å². The van der Waals surface area contributed by atoms with Gasteiger partial charge in [-0.05, 0) is 46.1 Å². The minimum atomic E-state index is -4.43. The molecular weight excluding hydrogens is 437 g/mol. The largest absolute Gasteiger partial charge is 0.443 e. The number of alkyl halides is 3. The van der Waals surface area contributed by atoms with Crippen LogP contribution in [0.15, 0.2) is 9.59 Å². The summed E-state index contributed by atoms with van der Waals surface area (Å²) < 4.78 is 45.7. The van der Waals surface area contributed by atoms with Gasteiger partial charge in [0.25, 0.3) is 5.56 Å². The predicted molar refractivity (Wildman–Crippen MR) is 110 cm³/mol. The molecule has 1 aliphatic carbocycles. The highest BCUT2D eigenvalue weighted by Crippen LogP contribution is 2.34. The van der Waals surface area contributed by atoms with Crippen molar-refractivity contribution in [3.63, 3.8) is 0 Å². The molecule has 0 radical (unpaired) electrons. The lowest BCUT2D eigenvalue weighted by molar-refractivity contribution is -0.136. The summed E-state index contributed by atoms with van der Waals surface area (Å²) >= 11 is 1.06. The van der Waals surface area contributed by atoms with Gasteiger partial charge in [-0.3, -0.25) is 19.4 Å². The van der Waals surface area contributed by atoms with Gasteiger partial charge in [0.15, 0.2) is 0 Å². The van der Waals surface area contributed by atoms with Gasteiger partial charge in [-0.15, -0.1) is 11.3 Å². The molecular formula is C19H25F3N4O4S. The number of hydrazine groups is 1. The van der Waals surface area contributed by atoms with Crippen LogP contribution in [0.25, 0.3) is 10.2 Å². The van der Waals surface area contributed by atoms with Gasteiger partial charge in [0.1, 0.15) is 10.4 Å². The van der Waals surface area contributed by atoms with E-state index in [2.05, 4.69) is 10.9 Å². The smallest absolute Gasteiger partial charge is 0.422 e. The van der Waals surface area contributed by atoms with Crippen molar-refractivity contribution in [3.8, 4) is 0 Å². The molecule has 12 heteroatoms. The van der Waals surface area contributed by atoms with Crippen molar-refractivity contribution in [1.82, 2.24) is 20.0 Å². The highest BCUT2D eigenvalue weighted by atomic mass is 32.1. The molecule has 2 aromatic rings. The maximum absolute atomic E-state index is 13.0. The van der Waals surface area contributed by atoms with Gasteiger partial charge in [-0.25, -0.2) is 15.0 Å². The van der Waals surface area contributed by atoms with Crippen LogP contribution in [0.4, 0.5) is 18.0 Å². The van der Waals surface area contributed by atoms with Gasteiger partial charge < -0.3 is 4.74 Å². The lowest BCUT2D eigenvalue weighted by Gasteiger charge is -2.19. The molecule has 3 rings (SSSR count). The first-order valence-corrected chi connectivity index (χ1v) is 10.7. The number of nitrogens with zero attached hydrogens (tertiary/aromatic N) is 2. The number of nitrogens with one attached hydrogen (secondary N) is 2. The minimum Gasteiger partial charge on any atom is -0.443 e. The Morgan fingerprint density at radius 3 is 2.42 bits per heavy atom. The van der Waals surface area contributed by atoms with E-state index in [1.54, 1.807) is 27.7 Å². The summed E-state index contributed by atoms with van der Waals surface area (Å²) in [5, 5.41) is 0.243. The van der Waals surface area contributed by atoms with Gasteiger partial charge in [0.05, 0.1) is 11.8 Å². The van der Waals surface area contributed by atoms with E-state index in [1.807, 2.05) is 0 Å². The zero-order valence-corrected chi connectivity index (χ0v) is 18.5. The van der Waals surface area contributed by atoms with Gasteiger partial charge in [0, 0.05) is 24.0 Å². The van der Waals surface area contributed by atoms with Gasteiger partial charge >= 0.3 is 18.0 Å². The fraction of sp³-hybridized carbons (Fsp3) is 0.632. The van der Waals surface area contributed by atoms with E-state index >= 15 is 0 Å². The highest BCUT2D eigenvalue weighted by Gasteiger charge is 2.32. The van der Waals surface area contributed by atoms with Crippen molar-refractivity contribution in [2.45, 2.75) is 77.9 Å². The number of hydrogen-bond donors (Lipinski definition) is 2. The van der Waals surface area contributed by atoms with E-state index in [4.69, 9.17) is 4.74 Å². The van der Waals surface area contributed by atoms with E-state index in [9.17, 15) is 27.6 Å². The minimum absolute atomic E-state index is 0.112. The number of aromatic nitrogens is 2. The molecule has 0 unspecified atom stereocenters. The molecule has 2 heterocycles. The molecule has 8 nitrogen and oxygen atoms in total. The molecule has 2 N–H and O–H groups in total. The summed E-state index contributed by atoms with van der Waals surface area (Å²) in [6.45, 7) is 6.38. The van der Waals surface area contributed by atoms with Crippen molar-refractivity contribution >= 4 is 27.6 Å². The number of carbonyl (C=O) groups is 1. The van der Waals surface area contributed by atoms with E-state index in [0.717, 1.165) is 20.5 Å². The first kappa shape index (κ1) is 23.3. The van der Waals surface area contributed by atoms with Crippen LogP contribution >= 0.6 is 11.3 Å². The molecule has 31 heavy (non-hydrogen) atoms. The molecule has 172 valence electrons. The summed E-state index contributed by atoms with van der Waals surface area (Å²) in [5.41, 5.74) is 3.77. The van der Waals surface area contributed by atoms with Gasteiger partial charge in [-0.2, -0.15) is 13.2 Å². The fourth-order valence-electron chi connectivity index (χ4n) is 3.17. The Hall–Kier alpha value is -2.34. The summed E-state index contributed by atoms with van der Waals surface area (Å²) in [4.78, 5) is 38.4. The molecule has 1 aliphatic rings. The first-order chi connectivity index (χ1) is 14.3. The maximum Gasteiger partial charge on any atom is 0.422 e.